The number of ether oxygens (including phenoxy) is 1. The van der Waals surface area contributed by atoms with Crippen LogP contribution in [-0.4, -0.2) is 17.2 Å². The zero-order valence-corrected chi connectivity index (χ0v) is 12.7. The summed E-state index contributed by atoms with van der Waals surface area (Å²) in [5, 5.41) is 9.95. The highest BCUT2D eigenvalue weighted by molar-refractivity contribution is 6.30. The van der Waals surface area contributed by atoms with Crippen LogP contribution in [0.2, 0.25) is 5.02 Å². The Kier molecular flexibility index (Phi) is 4.86. The fourth-order valence-electron chi connectivity index (χ4n) is 2.09. The van der Waals surface area contributed by atoms with Crippen LogP contribution < -0.4 is 4.74 Å². The molecule has 0 heterocycles. The van der Waals surface area contributed by atoms with E-state index in [2.05, 4.69) is 0 Å². The van der Waals surface area contributed by atoms with E-state index in [-0.39, 0.29) is 0 Å². The minimum Gasteiger partial charge on any atom is -0.478 e. The first-order chi connectivity index (χ1) is 9.97. The topological polar surface area (TPSA) is 46.5 Å². The minimum atomic E-state index is -0.981. The van der Waals surface area contributed by atoms with E-state index in [0.717, 1.165) is 16.7 Å². The Hall–Kier alpha value is -2.00. The van der Waals surface area contributed by atoms with Crippen LogP contribution >= 0.6 is 11.6 Å². The Bertz CT molecular complexity index is 635. The second-order valence-electron chi connectivity index (χ2n) is 4.96. The van der Waals surface area contributed by atoms with Crippen molar-refractivity contribution in [1.82, 2.24) is 0 Å². The average Bonchev–Trinajstić information content (AvgIpc) is 2.45. The van der Waals surface area contributed by atoms with Gasteiger partial charge in [0.2, 0.25) is 0 Å². The third-order valence-corrected chi connectivity index (χ3v) is 3.74. The Morgan fingerprint density at radius 1 is 1.19 bits per heavy atom. The molecule has 0 radical (unpaired) electrons. The zero-order valence-electron chi connectivity index (χ0n) is 12.0. The van der Waals surface area contributed by atoms with Crippen LogP contribution in [-0.2, 0) is 11.2 Å². The molecule has 0 bridgehead atoms. The number of aryl methyl sites for hydroxylation is 1. The van der Waals surface area contributed by atoms with Crippen LogP contribution in [0.1, 0.15) is 16.7 Å². The molecule has 1 N–H and O–H groups in total. The average molecular weight is 305 g/mol. The standard InChI is InChI=1S/C17H17ClO3/c1-11-4-3-5-13(12(11)2)10-16(17(19)20)21-15-8-6-14(18)7-9-15/h3-9,16H,10H2,1-2H3,(H,19,20). The molecule has 0 aliphatic rings. The summed E-state index contributed by atoms with van der Waals surface area (Å²) in [6.45, 7) is 4.00. The van der Waals surface area contributed by atoms with Crippen molar-refractivity contribution in [2.75, 3.05) is 0 Å². The van der Waals surface area contributed by atoms with E-state index in [1.165, 1.54) is 0 Å². The van der Waals surface area contributed by atoms with E-state index < -0.39 is 12.1 Å². The van der Waals surface area contributed by atoms with E-state index in [9.17, 15) is 9.90 Å². The highest BCUT2D eigenvalue weighted by Crippen LogP contribution is 2.20. The smallest absolute Gasteiger partial charge is 0.345 e. The van der Waals surface area contributed by atoms with Gasteiger partial charge in [0.25, 0.3) is 0 Å². The quantitative estimate of drug-likeness (QED) is 0.907. The van der Waals surface area contributed by atoms with Crippen LogP contribution in [0.3, 0.4) is 0 Å². The molecule has 2 rings (SSSR count). The largest absolute Gasteiger partial charge is 0.478 e. The Morgan fingerprint density at radius 3 is 2.48 bits per heavy atom. The molecule has 2 aromatic rings. The van der Waals surface area contributed by atoms with Crippen molar-refractivity contribution in [1.29, 1.82) is 0 Å². The molecule has 0 aliphatic carbocycles. The lowest BCUT2D eigenvalue weighted by atomic mass is 9.98. The summed E-state index contributed by atoms with van der Waals surface area (Å²) in [4.78, 5) is 11.4. The lowest BCUT2D eigenvalue weighted by Crippen LogP contribution is -2.29. The Labute approximate surface area is 129 Å². The number of carboxylic acid groups (broad SMARTS) is 1. The van der Waals surface area contributed by atoms with Gasteiger partial charge in [-0.2, -0.15) is 0 Å². The van der Waals surface area contributed by atoms with E-state index >= 15 is 0 Å². The maximum atomic E-state index is 11.4. The second-order valence-corrected chi connectivity index (χ2v) is 5.40. The van der Waals surface area contributed by atoms with Gasteiger partial charge in [0.05, 0.1) is 0 Å². The van der Waals surface area contributed by atoms with Gasteiger partial charge in [0, 0.05) is 11.4 Å². The van der Waals surface area contributed by atoms with Gasteiger partial charge in [-0.05, 0) is 54.8 Å². The molecule has 1 unspecified atom stereocenters. The zero-order chi connectivity index (χ0) is 15.4. The van der Waals surface area contributed by atoms with Crippen LogP contribution in [0.15, 0.2) is 42.5 Å². The molecule has 0 saturated heterocycles. The summed E-state index contributed by atoms with van der Waals surface area (Å²) in [7, 11) is 0. The first-order valence-electron chi connectivity index (χ1n) is 6.67. The maximum absolute atomic E-state index is 11.4. The van der Waals surface area contributed by atoms with Gasteiger partial charge >= 0.3 is 5.97 Å². The molecule has 21 heavy (non-hydrogen) atoms. The van der Waals surface area contributed by atoms with E-state index in [1.807, 2.05) is 32.0 Å². The number of aliphatic carboxylic acids is 1. The van der Waals surface area contributed by atoms with Gasteiger partial charge in [0.1, 0.15) is 5.75 Å². The predicted octanol–water partition coefficient (Wildman–Crippen LogP) is 4.03. The fraction of sp³-hybridized carbons (Fsp3) is 0.235. The van der Waals surface area contributed by atoms with Crippen molar-refractivity contribution < 1.29 is 14.6 Å². The van der Waals surface area contributed by atoms with Crippen LogP contribution in [0.25, 0.3) is 0 Å². The summed E-state index contributed by atoms with van der Waals surface area (Å²) < 4.78 is 5.57. The van der Waals surface area contributed by atoms with Crippen molar-refractivity contribution in [2.24, 2.45) is 0 Å². The van der Waals surface area contributed by atoms with Crippen molar-refractivity contribution in [3.8, 4) is 5.75 Å². The van der Waals surface area contributed by atoms with Crippen molar-refractivity contribution in [2.45, 2.75) is 26.4 Å². The Balaban J connectivity index is 2.18. The van der Waals surface area contributed by atoms with E-state index in [1.54, 1.807) is 24.3 Å². The molecule has 0 aliphatic heterocycles. The molecule has 110 valence electrons. The molecule has 3 nitrogen and oxygen atoms in total. The highest BCUT2D eigenvalue weighted by Gasteiger charge is 2.21. The molecule has 0 saturated carbocycles. The second kappa shape index (κ2) is 6.64. The molecular weight excluding hydrogens is 288 g/mol. The number of halogens is 1. The first-order valence-corrected chi connectivity index (χ1v) is 7.05. The van der Waals surface area contributed by atoms with Gasteiger partial charge in [-0.15, -0.1) is 0 Å². The van der Waals surface area contributed by atoms with Gasteiger partial charge in [-0.3, -0.25) is 0 Å². The number of hydrogen-bond acceptors (Lipinski definition) is 2. The molecule has 0 aromatic heterocycles. The summed E-state index contributed by atoms with van der Waals surface area (Å²) in [6, 6.07) is 12.6. The van der Waals surface area contributed by atoms with E-state index in [4.69, 9.17) is 16.3 Å². The molecule has 0 spiro atoms. The first kappa shape index (κ1) is 15.4. The summed E-state index contributed by atoms with van der Waals surface area (Å²) in [5.74, 6) is -0.483. The van der Waals surface area contributed by atoms with Crippen molar-refractivity contribution in [3.63, 3.8) is 0 Å². The number of benzene rings is 2. The molecule has 2 aromatic carbocycles. The number of carbonyl (C=O) groups is 1. The van der Waals surface area contributed by atoms with Gasteiger partial charge in [-0.1, -0.05) is 29.8 Å². The molecule has 0 fully saturated rings. The maximum Gasteiger partial charge on any atom is 0.345 e. The van der Waals surface area contributed by atoms with Crippen LogP contribution in [0, 0.1) is 13.8 Å². The lowest BCUT2D eigenvalue weighted by Gasteiger charge is -2.17. The van der Waals surface area contributed by atoms with E-state index in [0.29, 0.717) is 17.2 Å². The third kappa shape index (κ3) is 3.99. The number of hydrogen-bond donors (Lipinski definition) is 1. The summed E-state index contributed by atoms with van der Waals surface area (Å²) in [5.41, 5.74) is 3.22. The monoisotopic (exact) mass is 304 g/mol. The fourth-order valence-corrected chi connectivity index (χ4v) is 2.22. The van der Waals surface area contributed by atoms with Crippen molar-refractivity contribution in [3.05, 3.63) is 64.2 Å². The highest BCUT2D eigenvalue weighted by atomic mass is 35.5. The van der Waals surface area contributed by atoms with Gasteiger partial charge in [-0.25, -0.2) is 4.79 Å². The minimum absolute atomic E-state index is 0.325. The molecule has 4 heteroatoms. The summed E-state index contributed by atoms with van der Waals surface area (Å²) >= 11 is 5.81. The third-order valence-electron chi connectivity index (χ3n) is 3.49. The Morgan fingerprint density at radius 2 is 1.86 bits per heavy atom. The normalized spacial score (nSPS) is 12.0. The van der Waals surface area contributed by atoms with Gasteiger partial charge < -0.3 is 9.84 Å². The molecule has 1 atom stereocenters. The molecular formula is C17H17ClO3. The molecule has 0 amide bonds. The number of rotatable bonds is 5. The SMILES string of the molecule is Cc1cccc(CC(Oc2ccc(Cl)cc2)C(=O)O)c1C. The van der Waals surface area contributed by atoms with Crippen molar-refractivity contribution >= 4 is 17.6 Å². The predicted molar refractivity (Wildman–Crippen MR) is 83.1 cm³/mol. The lowest BCUT2D eigenvalue weighted by molar-refractivity contribution is -0.145. The van der Waals surface area contributed by atoms with Crippen LogP contribution in [0.4, 0.5) is 0 Å². The van der Waals surface area contributed by atoms with Gasteiger partial charge in [0.15, 0.2) is 6.10 Å². The summed E-state index contributed by atoms with van der Waals surface area (Å²) in [6.07, 6.45) is -0.600. The number of carboxylic acids is 1. The van der Waals surface area contributed by atoms with Crippen LogP contribution in [0.5, 0.6) is 5.75 Å².